The predicted octanol–water partition coefficient (Wildman–Crippen LogP) is 4.47. The normalized spacial score (nSPS) is 16.8. The maximum atomic E-state index is 4.97. The third-order valence-corrected chi connectivity index (χ3v) is 5.77. The van der Waals surface area contributed by atoms with E-state index in [0.29, 0.717) is 0 Å². The summed E-state index contributed by atoms with van der Waals surface area (Å²) in [7, 11) is 0. The molecule has 0 atom stereocenters. The molecular weight excluding hydrogens is 320 g/mol. The lowest BCUT2D eigenvalue weighted by atomic mass is 9.99. The number of hydrogen-bond donors (Lipinski definition) is 0. The molecule has 3 heterocycles. The Balaban J connectivity index is 1.59. The number of aromatic nitrogens is 3. The molecule has 0 unspecified atom stereocenters. The largest absolute Gasteiger partial charge is 0.323 e. The minimum atomic E-state index is 0.872. The van der Waals surface area contributed by atoms with Crippen LogP contribution < -0.4 is 0 Å². The Morgan fingerprint density at radius 1 is 0.885 bits per heavy atom. The van der Waals surface area contributed by atoms with Gasteiger partial charge in [-0.15, -0.1) is 0 Å². The Kier molecular flexibility index (Phi) is 3.86. The zero-order valence-corrected chi connectivity index (χ0v) is 15.2. The third kappa shape index (κ3) is 2.65. The maximum absolute atomic E-state index is 4.97. The van der Waals surface area contributed by atoms with Crippen molar-refractivity contribution in [2.24, 2.45) is 5.92 Å². The van der Waals surface area contributed by atoms with Crippen molar-refractivity contribution in [3.05, 3.63) is 48.5 Å². The van der Waals surface area contributed by atoms with Crippen LogP contribution >= 0.6 is 0 Å². The molecule has 26 heavy (non-hydrogen) atoms. The number of rotatable bonds is 3. The molecule has 1 aliphatic heterocycles. The van der Waals surface area contributed by atoms with Gasteiger partial charge in [-0.25, -0.2) is 9.97 Å². The van der Waals surface area contributed by atoms with Crippen LogP contribution in [0.1, 0.15) is 19.8 Å². The molecular formula is C22H24N4. The number of piperidine rings is 1. The van der Waals surface area contributed by atoms with E-state index in [1.807, 2.05) is 18.2 Å². The van der Waals surface area contributed by atoms with Gasteiger partial charge in [0, 0.05) is 18.5 Å². The Morgan fingerprint density at radius 3 is 2.38 bits per heavy atom. The van der Waals surface area contributed by atoms with Gasteiger partial charge >= 0.3 is 0 Å². The summed E-state index contributed by atoms with van der Waals surface area (Å²) in [6.07, 6.45) is 2.63. The standard InChI is InChI=1S/C22H24N4/c1-16-10-12-25(13-11-16)14-15-26-20-9-5-2-6-17(20)21-22(26)24-19-8-4-3-7-18(19)23-21/h2-9,16H,10-15H2,1H3. The van der Waals surface area contributed by atoms with E-state index in [2.05, 4.69) is 46.7 Å². The van der Waals surface area contributed by atoms with E-state index in [9.17, 15) is 0 Å². The minimum Gasteiger partial charge on any atom is -0.323 e. The Labute approximate surface area is 153 Å². The van der Waals surface area contributed by atoms with Crippen molar-refractivity contribution in [1.82, 2.24) is 19.4 Å². The van der Waals surface area contributed by atoms with Crippen LogP contribution in [0, 0.1) is 5.92 Å². The smallest absolute Gasteiger partial charge is 0.160 e. The summed E-state index contributed by atoms with van der Waals surface area (Å²) in [5.74, 6) is 0.872. The molecule has 0 saturated carbocycles. The van der Waals surface area contributed by atoms with Crippen molar-refractivity contribution in [2.75, 3.05) is 19.6 Å². The van der Waals surface area contributed by atoms with E-state index in [1.165, 1.54) is 36.8 Å². The molecule has 2 aromatic carbocycles. The average Bonchev–Trinajstić information content (AvgIpc) is 2.99. The molecule has 4 aromatic rings. The Bertz CT molecular complexity index is 1070. The average molecular weight is 344 g/mol. The van der Waals surface area contributed by atoms with Gasteiger partial charge in [0.2, 0.25) is 0 Å². The van der Waals surface area contributed by atoms with Gasteiger partial charge in [0.15, 0.2) is 5.65 Å². The topological polar surface area (TPSA) is 34.0 Å². The second-order valence-electron chi connectivity index (χ2n) is 7.58. The third-order valence-electron chi connectivity index (χ3n) is 5.77. The van der Waals surface area contributed by atoms with Gasteiger partial charge < -0.3 is 9.47 Å². The van der Waals surface area contributed by atoms with Crippen molar-refractivity contribution in [3.63, 3.8) is 0 Å². The molecule has 4 heteroatoms. The fraction of sp³-hybridized carbons (Fsp3) is 0.364. The van der Waals surface area contributed by atoms with Crippen LogP contribution in [0.4, 0.5) is 0 Å². The van der Waals surface area contributed by atoms with E-state index < -0.39 is 0 Å². The highest BCUT2D eigenvalue weighted by molar-refractivity contribution is 6.06. The van der Waals surface area contributed by atoms with Gasteiger partial charge in [-0.3, -0.25) is 0 Å². The van der Waals surface area contributed by atoms with Crippen molar-refractivity contribution >= 4 is 33.1 Å². The van der Waals surface area contributed by atoms with Gasteiger partial charge in [-0.1, -0.05) is 37.3 Å². The summed E-state index contributed by atoms with van der Waals surface area (Å²) in [6.45, 7) is 6.84. The Morgan fingerprint density at radius 2 is 1.58 bits per heavy atom. The molecule has 5 rings (SSSR count). The van der Waals surface area contributed by atoms with E-state index in [0.717, 1.165) is 41.2 Å². The summed E-state index contributed by atoms with van der Waals surface area (Å²) < 4.78 is 2.36. The molecule has 1 saturated heterocycles. The lowest BCUT2D eigenvalue weighted by Gasteiger charge is -2.30. The SMILES string of the molecule is CC1CCN(CCn2c3ccccc3c3nc4ccccc4nc32)CC1. The summed E-state index contributed by atoms with van der Waals surface area (Å²) in [5, 5.41) is 1.20. The first-order valence-electron chi connectivity index (χ1n) is 9.66. The quantitative estimate of drug-likeness (QED) is 0.550. The molecule has 0 N–H and O–H groups in total. The molecule has 0 amide bonds. The van der Waals surface area contributed by atoms with Crippen molar-refractivity contribution < 1.29 is 0 Å². The first kappa shape index (κ1) is 15.8. The molecule has 1 aliphatic rings. The second kappa shape index (κ2) is 6.36. The van der Waals surface area contributed by atoms with E-state index >= 15 is 0 Å². The molecule has 1 fully saturated rings. The highest BCUT2D eigenvalue weighted by Crippen LogP contribution is 2.28. The first-order chi connectivity index (χ1) is 12.8. The maximum Gasteiger partial charge on any atom is 0.160 e. The second-order valence-corrected chi connectivity index (χ2v) is 7.58. The fourth-order valence-electron chi connectivity index (χ4n) is 4.14. The molecule has 0 aliphatic carbocycles. The van der Waals surface area contributed by atoms with Crippen molar-refractivity contribution in [3.8, 4) is 0 Å². The summed E-state index contributed by atoms with van der Waals surface area (Å²) in [6, 6.07) is 16.7. The fourth-order valence-corrected chi connectivity index (χ4v) is 4.14. The first-order valence-corrected chi connectivity index (χ1v) is 9.66. The van der Waals surface area contributed by atoms with Crippen molar-refractivity contribution in [2.45, 2.75) is 26.3 Å². The number of hydrogen-bond acceptors (Lipinski definition) is 3. The monoisotopic (exact) mass is 344 g/mol. The number of nitrogens with zero attached hydrogens (tertiary/aromatic N) is 4. The molecule has 0 radical (unpaired) electrons. The van der Waals surface area contributed by atoms with Gasteiger partial charge in [-0.05, 0) is 50.0 Å². The highest BCUT2D eigenvalue weighted by atomic mass is 15.2. The highest BCUT2D eigenvalue weighted by Gasteiger charge is 2.18. The Hall–Kier alpha value is -2.46. The zero-order valence-electron chi connectivity index (χ0n) is 15.2. The summed E-state index contributed by atoms with van der Waals surface area (Å²) in [5.41, 5.74) is 5.20. The summed E-state index contributed by atoms with van der Waals surface area (Å²) in [4.78, 5) is 12.5. The van der Waals surface area contributed by atoms with E-state index in [-0.39, 0.29) is 0 Å². The van der Waals surface area contributed by atoms with E-state index in [1.54, 1.807) is 0 Å². The van der Waals surface area contributed by atoms with Crippen molar-refractivity contribution in [1.29, 1.82) is 0 Å². The van der Waals surface area contributed by atoms with Crippen LogP contribution in [-0.4, -0.2) is 39.1 Å². The number of likely N-dealkylation sites (tertiary alicyclic amines) is 1. The molecule has 0 spiro atoms. The molecule has 4 nitrogen and oxygen atoms in total. The molecule has 0 bridgehead atoms. The van der Waals surface area contributed by atoms with Gasteiger partial charge in [-0.2, -0.15) is 0 Å². The van der Waals surface area contributed by atoms with Gasteiger partial charge in [0.05, 0.1) is 16.6 Å². The van der Waals surface area contributed by atoms with Crippen LogP contribution in [-0.2, 0) is 6.54 Å². The van der Waals surface area contributed by atoms with Crippen LogP contribution in [0.25, 0.3) is 33.1 Å². The van der Waals surface area contributed by atoms with E-state index in [4.69, 9.17) is 9.97 Å². The summed E-state index contributed by atoms with van der Waals surface area (Å²) >= 11 is 0. The minimum absolute atomic E-state index is 0.872. The lowest BCUT2D eigenvalue weighted by Crippen LogP contribution is -2.35. The number of benzene rings is 2. The van der Waals surface area contributed by atoms with Gasteiger partial charge in [0.1, 0.15) is 5.52 Å². The van der Waals surface area contributed by atoms with Gasteiger partial charge in [0.25, 0.3) is 0 Å². The lowest BCUT2D eigenvalue weighted by molar-refractivity contribution is 0.187. The van der Waals surface area contributed by atoms with Crippen LogP contribution in [0.2, 0.25) is 0 Å². The molecule has 132 valence electrons. The number of fused-ring (bicyclic) bond motifs is 4. The molecule has 2 aromatic heterocycles. The van der Waals surface area contributed by atoms with Crippen LogP contribution in [0.5, 0.6) is 0 Å². The predicted molar refractivity (Wildman–Crippen MR) is 107 cm³/mol. The van der Waals surface area contributed by atoms with Crippen LogP contribution in [0.15, 0.2) is 48.5 Å². The zero-order chi connectivity index (χ0) is 17.5. The number of para-hydroxylation sites is 3. The van der Waals surface area contributed by atoms with Crippen LogP contribution in [0.3, 0.4) is 0 Å².